The van der Waals surface area contributed by atoms with Gasteiger partial charge in [-0.1, -0.05) is 53.5 Å². The number of imide groups is 1. The highest BCUT2D eigenvalue weighted by Crippen LogP contribution is 2.35. The molecule has 1 aliphatic heterocycles. The van der Waals surface area contributed by atoms with Gasteiger partial charge >= 0.3 is 5.97 Å². The molecule has 1 N–H and O–H groups in total. The third kappa shape index (κ3) is 2.48. The number of carbonyl (C=O) groups excluding carboxylic acids is 2. The molecular formula is C16H9Cl2NO4. The third-order valence-electron chi connectivity index (χ3n) is 3.57. The molecule has 116 valence electrons. The first-order chi connectivity index (χ1) is 10.9. The van der Waals surface area contributed by atoms with Crippen molar-refractivity contribution in [2.24, 2.45) is 0 Å². The predicted octanol–water partition coefficient (Wildman–Crippen LogP) is 3.42. The molecule has 0 radical (unpaired) electrons. The number of halogens is 2. The molecule has 7 heteroatoms. The van der Waals surface area contributed by atoms with E-state index >= 15 is 0 Å². The summed E-state index contributed by atoms with van der Waals surface area (Å²) in [7, 11) is 0. The molecule has 0 aromatic heterocycles. The zero-order valence-corrected chi connectivity index (χ0v) is 13.0. The summed E-state index contributed by atoms with van der Waals surface area (Å²) >= 11 is 11.8. The lowest BCUT2D eigenvalue weighted by molar-refractivity contribution is -0.141. The van der Waals surface area contributed by atoms with Crippen molar-refractivity contribution in [3.05, 3.63) is 69.2 Å². The molecule has 1 atom stereocenters. The molecule has 23 heavy (non-hydrogen) atoms. The summed E-state index contributed by atoms with van der Waals surface area (Å²) in [5.41, 5.74) is 0.421. The number of nitrogens with zero attached hydrogens (tertiary/aromatic N) is 1. The molecular weight excluding hydrogens is 341 g/mol. The van der Waals surface area contributed by atoms with Gasteiger partial charge in [0, 0.05) is 0 Å². The Morgan fingerprint density at radius 2 is 1.43 bits per heavy atom. The van der Waals surface area contributed by atoms with Crippen molar-refractivity contribution in [2.45, 2.75) is 6.04 Å². The maximum atomic E-state index is 12.5. The highest BCUT2D eigenvalue weighted by molar-refractivity contribution is 6.43. The van der Waals surface area contributed by atoms with Crippen LogP contribution in [0.15, 0.2) is 42.5 Å². The lowest BCUT2D eigenvalue weighted by atomic mass is 10.1. The van der Waals surface area contributed by atoms with Gasteiger partial charge in [-0.3, -0.25) is 14.5 Å². The number of carboxylic acid groups (broad SMARTS) is 1. The second-order valence-electron chi connectivity index (χ2n) is 4.94. The third-order valence-corrected chi connectivity index (χ3v) is 4.29. The fraction of sp³-hybridized carbons (Fsp3) is 0.0625. The molecule has 0 aliphatic carbocycles. The van der Waals surface area contributed by atoms with Crippen LogP contribution in [0, 0.1) is 0 Å². The van der Waals surface area contributed by atoms with Crippen LogP contribution in [0.4, 0.5) is 0 Å². The van der Waals surface area contributed by atoms with E-state index in [4.69, 9.17) is 23.2 Å². The summed E-state index contributed by atoms with van der Waals surface area (Å²) < 4.78 is 0. The Kier molecular flexibility index (Phi) is 3.83. The van der Waals surface area contributed by atoms with Crippen molar-refractivity contribution in [1.29, 1.82) is 0 Å². The normalized spacial score (nSPS) is 14.8. The van der Waals surface area contributed by atoms with Crippen molar-refractivity contribution in [3.8, 4) is 0 Å². The van der Waals surface area contributed by atoms with E-state index in [1.54, 1.807) is 30.3 Å². The van der Waals surface area contributed by atoms with Gasteiger partial charge in [0.05, 0.1) is 21.2 Å². The number of carbonyl (C=O) groups is 3. The standard InChI is InChI=1S/C16H9Cl2NO4/c17-11-6-9-10(7-12(11)18)15(21)19(14(9)20)13(16(22)23)8-4-2-1-3-5-8/h1-7,13H,(H,22,23). The first kappa shape index (κ1) is 15.5. The minimum Gasteiger partial charge on any atom is -0.479 e. The van der Waals surface area contributed by atoms with Crippen molar-refractivity contribution in [2.75, 3.05) is 0 Å². The molecule has 0 bridgehead atoms. The molecule has 0 spiro atoms. The molecule has 0 saturated heterocycles. The highest BCUT2D eigenvalue weighted by atomic mass is 35.5. The van der Waals surface area contributed by atoms with E-state index in [1.807, 2.05) is 0 Å². The van der Waals surface area contributed by atoms with Gasteiger partial charge in [0.2, 0.25) is 0 Å². The van der Waals surface area contributed by atoms with Gasteiger partial charge in [-0.2, -0.15) is 0 Å². The van der Waals surface area contributed by atoms with E-state index in [-0.39, 0.29) is 21.2 Å². The highest BCUT2D eigenvalue weighted by Gasteiger charge is 2.44. The monoisotopic (exact) mass is 349 g/mol. The number of hydrogen-bond acceptors (Lipinski definition) is 3. The topological polar surface area (TPSA) is 74.7 Å². The number of rotatable bonds is 3. The van der Waals surface area contributed by atoms with E-state index in [0.717, 1.165) is 4.90 Å². The van der Waals surface area contributed by atoms with E-state index in [1.165, 1.54) is 12.1 Å². The van der Waals surface area contributed by atoms with Crippen LogP contribution in [0.5, 0.6) is 0 Å². The molecule has 0 saturated carbocycles. The predicted molar refractivity (Wildman–Crippen MR) is 83.8 cm³/mol. The number of benzene rings is 2. The Bertz CT molecular complexity index is 794. The smallest absolute Gasteiger partial charge is 0.331 e. The van der Waals surface area contributed by atoms with Crippen LogP contribution in [0.25, 0.3) is 0 Å². The van der Waals surface area contributed by atoms with E-state index < -0.39 is 23.8 Å². The first-order valence-electron chi connectivity index (χ1n) is 6.56. The summed E-state index contributed by atoms with van der Waals surface area (Å²) in [4.78, 5) is 37.4. The number of carboxylic acids is 1. The summed E-state index contributed by atoms with van der Waals surface area (Å²) in [5, 5.41) is 9.76. The second kappa shape index (κ2) is 5.68. The van der Waals surface area contributed by atoms with Gasteiger partial charge in [0.25, 0.3) is 11.8 Å². The van der Waals surface area contributed by atoms with Crippen LogP contribution in [-0.4, -0.2) is 27.8 Å². The average molecular weight is 350 g/mol. The van der Waals surface area contributed by atoms with Crippen molar-refractivity contribution >= 4 is 41.0 Å². The SMILES string of the molecule is O=C(O)C(c1ccccc1)N1C(=O)c2cc(Cl)c(Cl)cc2C1=O. The van der Waals surface area contributed by atoms with Gasteiger partial charge in [0.1, 0.15) is 0 Å². The van der Waals surface area contributed by atoms with Crippen LogP contribution in [0.3, 0.4) is 0 Å². The van der Waals surface area contributed by atoms with Crippen molar-refractivity contribution in [1.82, 2.24) is 4.90 Å². The molecule has 3 rings (SSSR count). The summed E-state index contributed by atoms with van der Waals surface area (Å²) in [5.74, 6) is -2.72. The fourth-order valence-electron chi connectivity index (χ4n) is 2.52. The van der Waals surface area contributed by atoms with E-state index in [9.17, 15) is 19.5 Å². The Labute approximate surface area is 141 Å². The molecule has 2 aromatic carbocycles. The second-order valence-corrected chi connectivity index (χ2v) is 5.76. The van der Waals surface area contributed by atoms with Crippen molar-refractivity contribution in [3.63, 3.8) is 0 Å². The van der Waals surface area contributed by atoms with Crippen LogP contribution in [0.2, 0.25) is 10.0 Å². The largest absolute Gasteiger partial charge is 0.479 e. The molecule has 1 unspecified atom stereocenters. The van der Waals surface area contributed by atoms with Crippen LogP contribution in [-0.2, 0) is 4.79 Å². The Hall–Kier alpha value is -2.37. The van der Waals surface area contributed by atoms with Gasteiger partial charge in [0.15, 0.2) is 6.04 Å². The molecule has 2 amide bonds. The molecule has 0 fully saturated rings. The summed E-state index contributed by atoms with van der Waals surface area (Å²) in [6.45, 7) is 0. The molecule has 2 aromatic rings. The number of amides is 2. The number of hydrogen-bond donors (Lipinski definition) is 1. The minimum absolute atomic E-state index is 0.0478. The Morgan fingerprint density at radius 3 is 1.87 bits per heavy atom. The van der Waals surface area contributed by atoms with Crippen molar-refractivity contribution < 1.29 is 19.5 Å². The molecule has 1 heterocycles. The number of fused-ring (bicyclic) bond motifs is 1. The lowest BCUT2D eigenvalue weighted by Crippen LogP contribution is -2.38. The maximum Gasteiger partial charge on any atom is 0.331 e. The van der Waals surface area contributed by atoms with Crippen LogP contribution >= 0.6 is 23.2 Å². The Balaban J connectivity index is 2.12. The van der Waals surface area contributed by atoms with Gasteiger partial charge in [-0.15, -0.1) is 0 Å². The zero-order valence-electron chi connectivity index (χ0n) is 11.5. The average Bonchev–Trinajstić information content (AvgIpc) is 2.74. The van der Waals surface area contributed by atoms with Gasteiger partial charge in [-0.05, 0) is 17.7 Å². The summed E-state index contributed by atoms with van der Waals surface area (Å²) in [6.07, 6.45) is 0. The quantitative estimate of drug-likeness (QED) is 0.861. The van der Waals surface area contributed by atoms with E-state index in [0.29, 0.717) is 5.56 Å². The van der Waals surface area contributed by atoms with E-state index in [2.05, 4.69) is 0 Å². The Morgan fingerprint density at radius 1 is 0.957 bits per heavy atom. The molecule has 5 nitrogen and oxygen atoms in total. The van der Waals surface area contributed by atoms with Crippen LogP contribution < -0.4 is 0 Å². The van der Waals surface area contributed by atoms with Gasteiger partial charge < -0.3 is 5.11 Å². The maximum absolute atomic E-state index is 12.5. The van der Waals surface area contributed by atoms with Gasteiger partial charge in [-0.25, -0.2) is 4.79 Å². The first-order valence-corrected chi connectivity index (χ1v) is 7.32. The zero-order chi connectivity index (χ0) is 16.7. The minimum atomic E-state index is -1.42. The lowest BCUT2D eigenvalue weighted by Gasteiger charge is -2.22. The summed E-state index contributed by atoms with van der Waals surface area (Å²) in [6, 6.07) is 9.22. The fourth-order valence-corrected chi connectivity index (χ4v) is 2.85. The molecule has 1 aliphatic rings. The van der Waals surface area contributed by atoms with Crippen LogP contribution in [0.1, 0.15) is 32.3 Å². The number of aliphatic carboxylic acids is 1.